The number of methoxy groups -OCH3 is 2. The minimum Gasteiger partial charge on any atom is -0.481 e. The first-order valence-electron chi connectivity index (χ1n) is 22.4. The fraction of sp³-hybridized carbons (Fsp3) is 0.145. The second-order valence-corrected chi connectivity index (χ2v) is 23.1. The summed E-state index contributed by atoms with van der Waals surface area (Å²) < 4.78 is 35.0. The predicted molar refractivity (Wildman–Crippen MR) is 335 cm³/mol. The van der Waals surface area contributed by atoms with Gasteiger partial charge in [0.1, 0.15) is 0 Å². The summed E-state index contributed by atoms with van der Waals surface area (Å²) in [6.07, 6.45) is 1.33. The van der Waals surface area contributed by atoms with E-state index < -0.39 is 28.0 Å². The molecular formula is C55H43Cl14NO12S. The Morgan fingerprint density at radius 1 is 0.458 bits per heavy atom. The number of aliphatic hydroxyl groups is 1. The molecule has 0 fully saturated rings. The highest BCUT2D eigenvalue weighted by Crippen LogP contribution is 2.26. The second kappa shape index (κ2) is 40.3. The molecule has 3 N–H and O–H groups in total. The van der Waals surface area contributed by atoms with Gasteiger partial charge in [-0.2, -0.15) is 13.7 Å². The zero-order chi connectivity index (χ0) is 63.1. The minimum absolute atomic E-state index is 0.0270. The highest BCUT2D eigenvalue weighted by molar-refractivity contribution is 7.85. The summed E-state index contributed by atoms with van der Waals surface area (Å²) in [7, 11) is -0.828. The lowest BCUT2D eigenvalue weighted by Gasteiger charge is -2.04. The normalized spacial score (nSPS) is 9.99. The number of hydrogen-bond acceptors (Lipinski definition) is 11. The molecule has 0 aliphatic heterocycles. The molecule has 0 saturated heterocycles. The van der Waals surface area contributed by atoms with Gasteiger partial charge in [-0.15, -0.1) is 0 Å². The molecule has 0 aromatic heterocycles. The number of hydrogen-bond donors (Lipinski definition) is 3. The molecular weight excluding hydrogens is 1400 g/mol. The molecule has 0 amide bonds. The van der Waals surface area contributed by atoms with Crippen molar-refractivity contribution in [3.05, 3.63) is 237 Å². The number of nitriles is 1. The van der Waals surface area contributed by atoms with E-state index in [0.717, 1.165) is 11.8 Å². The van der Waals surface area contributed by atoms with Crippen molar-refractivity contribution in [1.82, 2.24) is 0 Å². The van der Waals surface area contributed by atoms with Crippen molar-refractivity contribution in [2.24, 2.45) is 0 Å². The van der Waals surface area contributed by atoms with E-state index in [1.165, 1.54) is 38.5 Å². The molecule has 0 spiro atoms. The van der Waals surface area contributed by atoms with Crippen LogP contribution in [0.3, 0.4) is 0 Å². The molecule has 7 aromatic carbocycles. The van der Waals surface area contributed by atoms with Crippen LogP contribution >= 0.6 is 162 Å². The second-order valence-electron chi connectivity index (χ2n) is 15.5. The summed E-state index contributed by atoms with van der Waals surface area (Å²) in [4.78, 5) is 42.7. The number of carbonyl (C=O) groups excluding carboxylic acids is 2. The van der Waals surface area contributed by atoms with Gasteiger partial charge in [0.05, 0.1) is 80.2 Å². The molecule has 28 heteroatoms. The Morgan fingerprint density at radius 2 is 0.783 bits per heavy atom. The van der Waals surface area contributed by atoms with Gasteiger partial charge in [-0.25, -0.2) is 9.59 Å². The van der Waals surface area contributed by atoms with Crippen LogP contribution in [-0.2, 0) is 65.8 Å². The van der Waals surface area contributed by atoms with E-state index >= 15 is 0 Å². The Balaban J connectivity index is 0.000000485. The molecule has 7 aromatic rings. The van der Waals surface area contributed by atoms with Crippen molar-refractivity contribution >= 4 is 196 Å². The zero-order valence-electron chi connectivity index (χ0n) is 42.8. The summed E-state index contributed by atoms with van der Waals surface area (Å²) in [5.74, 6) is -2.80. The Morgan fingerprint density at radius 3 is 1.13 bits per heavy atom. The molecule has 0 heterocycles. The van der Waals surface area contributed by atoms with Gasteiger partial charge in [0.15, 0.2) is 0 Å². The molecule has 13 nitrogen and oxygen atoms in total. The number of esters is 2. The number of benzene rings is 7. The molecule has 0 saturated carbocycles. The maximum Gasteiger partial charge on any atom is 0.339 e. The number of aromatic carboxylic acids is 1. The average Bonchev–Trinajstić information content (AvgIpc) is 3.49. The quantitative estimate of drug-likeness (QED) is 0.0813. The van der Waals surface area contributed by atoms with Crippen molar-refractivity contribution in [3.63, 3.8) is 0 Å². The van der Waals surface area contributed by atoms with E-state index in [2.05, 4.69) is 13.7 Å². The number of carboxylic acid groups (broad SMARTS) is 2. The van der Waals surface area contributed by atoms with Gasteiger partial charge in [0, 0.05) is 60.3 Å². The molecule has 0 unspecified atom stereocenters. The van der Waals surface area contributed by atoms with Crippen molar-refractivity contribution in [2.75, 3.05) is 20.5 Å². The highest BCUT2D eigenvalue weighted by Gasteiger charge is 2.12. The molecule has 0 bridgehead atoms. The molecule has 0 atom stereocenters. The maximum atomic E-state index is 11.0. The van der Waals surface area contributed by atoms with Gasteiger partial charge < -0.3 is 24.8 Å². The summed E-state index contributed by atoms with van der Waals surface area (Å²) >= 11 is 79.6. The van der Waals surface area contributed by atoms with E-state index in [0.29, 0.717) is 94.0 Å². The van der Waals surface area contributed by atoms with Crippen LogP contribution in [0.15, 0.2) is 127 Å². The molecule has 0 aliphatic carbocycles. The first-order chi connectivity index (χ1) is 38.8. The Bertz CT molecular complexity index is 3480. The Kier molecular flexibility index (Phi) is 37.3. The first-order valence-corrected chi connectivity index (χ1v) is 29.5. The standard InChI is InChI=1S/C9H8Cl2O2.C8H5Cl2N.C8H8Cl2O3S.2C8H6Cl2O2.C7H4Cl2O2.C7H6Cl2O/c1-13-9(12)5-6-4-7(10)2-3-8(6)11;9-7-1-2-8(10)6(5-7)3-4-11;1-14(11,12)13-5-6-4-7(9)2-3-8(6)10;1-12-8(11)6-4-5(9)2-3-7(6)10;9-6-1-2-7(10)5(3-6)4-8(11)12;8-4-1-2-6(9)5(3-4)7(10)11;8-6-1-2-7(9)5(3-6)4-10/h2-4H,5H2,1H3;1-2,5H,3H2;2-4H,5H2,1H3;2-4H,1H3;1-3H,4H2,(H,11,12);1-3H,(H,10,11);1-3,10H,4H2. The van der Waals surface area contributed by atoms with Crippen LogP contribution in [0.1, 0.15) is 48.5 Å². The van der Waals surface area contributed by atoms with Crippen molar-refractivity contribution in [2.45, 2.75) is 32.5 Å². The van der Waals surface area contributed by atoms with Gasteiger partial charge in [0.2, 0.25) is 0 Å². The van der Waals surface area contributed by atoms with Crippen LogP contribution in [0, 0.1) is 11.3 Å². The van der Waals surface area contributed by atoms with Gasteiger partial charge in [-0.05, 0) is 155 Å². The van der Waals surface area contributed by atoms with E-state index in [1.807, 2.05) is 6.07 Å². The fourth-order valence-corrected chi connectivity index (χ4v) is 8.38. The molecule has 7 rings (SSSR count). The number of carbonyl (C=O) groups is 4. The summed E-state index contributed by atoms with van der Waals surface area (Å²) in [6.45, 7) is -0.169. The predicted octanol–water partition coefficient (Wildman–Crippen LogP) is 18.8. The van der Waals surface area contributed by atoms with Crippen LogP contribution in [0.25, 0.3) is 0 Å². The SMILES string of the molecule is COC(=O)Cc1cc(Cl)ccc1Cl.COC(=O)c1cc(Cl)ccc1Cl.CS(=O)(=O)OCc1cc(Cl)ccc1Cl.N#CCc1cc(Cl)ccc1Cl.O=C(O)Cc1cc(Cl)ccc1Cl.O=C(O)c1cc(Cl)ccc1Cl.OCc1cc(Cl)ccc1Cl. The topological polar surface area (TPSA) is 215 Å². The fourth-order valence-electron chi connectivity index (χ4n) is 5.43. The van der Waals surface area contributed by atoms with Crippen LogP contribution in [0.2, 0.25) is 70.3 Å². The summed E-state index contributed by atoms with van der Waals surface area (Å²) in [5, 5.41) is 40.7. The lowest BCUT2D eigenvalue weighted by molar-refractivity contribution is -0.140. The molecule has 0 aliphatic rings. The largest absolute Gasteiger partial charge is 0.481 e. The monoisotopic (exact) mass is 1430 g/mol. The minimum atomic E-state index is -3.45. The Hall–Kier alpha value is -4.16. The first kappa shape index (κ1) is 76.9. The maximum absolute atomic E-state index is 11.0. The number of aliphatic carboxylic acids is 1. The average molecular weight is 1440 g/mol. The number of nitrogens with zero attached hydrogens (tertiary/aromatic N) is 1. The van der Waals surface area contributed by atoms with Gasteiger partial charge in [-0.3, -0.25) is 13.8 Å². The summed E-state index contributed by atoms with van der Waals surface area (Å²) in [6, 6.07) is 35.5. The third-order valence-electron chi connectivity index (χ3n) is 9.30. The van der Waals surface area contributed by atoms with Crippen LogP contribution in [-0.4, -0.2) is 68.1 Å². The van der Waals surface area contributed by atoms with Crippen LogP contribution in [0.5, 0.6) is 0 Å². The molecule has 83 heavy (non-hydrogen) atoms. The van der Waals surface area contributed by atoms with Crippen molar-refractivity contribution in [1.29, 1.82) is 5.26 Å². The van der Waals surface area contributed by atoms with Gasteiger partial charge in [-0.1, -0.05) is 162 Å². The van der Waals surface area contributed by atoms with Gasteiger partial charge in [0.25, 0.3) is 10.1 Å². The number of aliphatic hydroxyl groups excluding tert-OH is 1. The lowest BCUT2D eigenvalue weighted by Crippen LogP contribution is -2.04. The lowest BCUT2D eigenvalue weighted by atomic mass is 10.1. The Labute approximate surface area is 548 Å². The third kappa shape index (κ3) is 32.2. The summed E-state index contributed by atoms with van der Waals surface area (Å²) in [5.41, 5.74) is 3.52. The number of rotatable bonds is 11. The third-order valence-corrected chi connectivity index (χ3v) is 14.0. The molecule has 0 radical (unpaired) electrons. The highest BCUT2D eigenvalue weighted by atomic mass is 35.5. The van der Waals surface area contributed by atoms with E-state index in [9.17, 15) is 27.6 Å². The van der Waals surface area contributed by atoms with Crippen molar-refractivity contribution < 1.29 is 56.6 Å². The smallest absolute Gasteiger partial charge is 0.339 e. The van der Waals surface area contributed by atoms with Crippen LogP contribution < -0.4 is 0 Å². The number of ether oxygens (including phenoxy) is 2. The van der Waals surface area contributed by atoms with E-state index in [1.54, 1.807) is 103 Å². The number of carboxylic acids is 2. The van der Waals surface area contributed by atoms with Crippen LogP contribution in [0.4, 0.5) is 0 Å². The molecule has 444 valence electrons. The van der Waals surface area contributed by atoms with Crippen molar-refractivity contribution in [3.8, 4) is 6.07 Å². The zero-order valence-corrected chi connectivity index (χ0v) is 54.2. The van der Waals surface area contributed by atoms with E-state index in [-0.39, 0.29) is 48.2 Å². The van der Waals surface area contributed by atoms with Gasteiger partial charge >= 0.3 is 23.9 Å². The number of halogens is 14. The van der Waals surface area contributed by atoms with E-state index in [4.69, 9.17) is 183 Å².